The van der Waals surface area contributed by atoms with Crippen LogP contribution in [0.15, 0.2) is 30.0 Å². The molecule has 22 heavy (non-hydrogen) atoms. The van der Waals surface area contributed by atoms with Gasteiger partial charge in [-0.25, -0.2) is 15.0 Å². The Labute approximate surface area is 133 Å². The van der Waals surface area contributed by atoms with Gasteiger partial charge in [0.05, 0.1) is 24.8 Å². The van der Waals surface area contributed by atoms with Gasteiger partial charge in [-0.3, -0.25) is 4.90 Å². The zero-order chi connectivity index (χ0) is 14.8. The SMILES string of the molecule is c1cnc(NC2COC3(CCN(Cc4nccs4)C3)C2)nc1. The first-order chi connectivity index (χ1) is 10.8. The smallest absolute Gasteiger partial charge is 0.222 e. The van der Waals surface area contributed by atoms with E-state index in [-0.39, 0.29) is 5.60 Å². The van der Waals surface area contributed by atoms with Gasteiger partial charge in [-0.1, -0.05) is 0 Å². The number of hydrogen-bond donors (Lipinski definition) is 1. The van der Waals surface area contributed by atoms with Crippen molar-refractivity contribution in [2.24, 2.45) is 0 Å². The monoisotopic (exact) mass is 317 g/mol. The molecule has 4 heterocycles. The Balaban J connectivity index is 1.34. The van der Waals surface area contributed by atoms with Gasteiger partial charge >= 0.3 is 0 Å². The Kier molecular flexibility index (Phi) is 3.77. The molecule has 0 aliphatic carbocycles. The zero-order valence-electron chi connectivity index (χ0n) is 12.3. The quantitative estimate of drug-likeness (QED) is 0.927. The molecule has 0 aromatic carbocycles. The first-order valence-corrected chi connectivity index (χ1v) is 8.48. The van der Waals surface area contributed by atoms with Crippen LogP contribution in [0.4, 0.5) is 5.95 Å². The van der Waals surface area contributed by atoms with Crippen molar-refractivity contribution >= 4 is 17.3 Å². The highest BCUT2D eigenvalue weighted by atomic mass is 32.1. The summed E-state index contributed by atoms with van der Waals surface area (Å²) in [4.78, 5) is 15.3. The second-order valence-corrected chi connectivity index (χ2v) is 6.98. The molecule has 1 N–H and O–H groups in total. The number of ether oxygens (including phenoxy) is 1. The average molecular weight is 317 g/mol. The first kappa shape index (κ1) is 14.0. The van der Waals surface area contributed by atoms with Crippen LogP contribution in [0.3, 0.4) is 0 Å². The lowest BCUT2D eigenvalue weighted by atomic mass is 9.97. The minimum absolute atomic E-state index is 0.0102. The lowest BCUT2D eigenvalue weighted by molar-refractivity contribution is 0.0120. The standard InChI is InChI=1S/C15H19N5OS/c1-3-17-14(18-4-1)19-12-8-15(21-10-12)2-6-20(11-15)9-13-16-5-7-22-13/h1,3-5,7,12H,2,6,8-11H2,(H,17,18,19). The number of thiazole rings is 1. The van der Waals surface area contributed by atoms with Gasteiger partial charge in [-0.15, -0.1) is 11.3 Å². The van der Waals surface area contributed by atoms with Crippen molar-refractivity contribution in [3.63, 3.8) is 0 Å². The molecule has 2 aromatic heterocycles. The van der Waals surface area contributed by atoms with Crippen molar-refractivity contribution in [2.45, 2.75) is 31.0 Å². The van der Waals surface area contributed by atoms with Crippen molar-refractivity contribution in [3.05, 3.63) is 35.0 Å². The van der Waals surface area contributed by atoms with Crippen molar-refractivity contribution in [1.82, 2.24) is 19.9 Å². The van der Waals surface area contributed by atoms with E-state index in [2.05, 4.69) is 25.2 Å². The first-order valence-electron chi connectivity index (χ1n) is 7.60. The highest BCUT2D eigenvalue weighted by molar-refractivity contribution is 7.09. The Bertz CT molecular complexity index is 608. The molecule has 0 radical (unpaired) electrons. The molecule has 2 aliphatic rings. The van der Waals surface area contributed by atoms with Gasteiger partial charge in [0.25, 0.3) is 0 Å². The second-order valence-electron chi connectivity index (χ2n) is 6.00. The molecule has 1 spiro atoms. The van der Waals surface area contributed by atoms with E-state index in [4.69, 9.17) is 4.74 Å². The van der Waals surface area contributed by atoms with Gasteiger partial charge in [0.15, 0.2) is 0 Å². The van der Waals surface area contributed by atoms with E-state index in [0.717, 1.165) is 39.1 Å². The van der Waals surface area contributed by atoms with Crippen molar-refractivity contribution in [2.75, 3.05) is 25.0 Å². The van der Waals surface area contributed by atoms with Crippen LogP contribution in [-0.4, -0.2) is 51.2 Å². The van der Waals surface area contributed by atoms with Gasteiger partial charge < -0.3 is 10.1 Å². The molecule has 116 valence electrons. The summed E-state index contributed by atoms with van der Waals surface area (Å²) in [6.45, 7) is 3.72. The summed E-state index contributed by atoms with van der Waals surface area (Å²) in [5, 5.41) is 6.59. The molecule has 2 aliphatic heterocycles. The maximum atomic E-state index is 6.16. The molecule has 4 rings (SSSR count). The number of likely N-dealkylation sites (tertiary alicyclic amines) is 1. The van der Waals surface area contributed by atoms with E-state index < -0.39 is 0 Å². The summed E-state index contributed by atoms with van der Waals surface area (Å²) in [7, 11) is 0. The second kappa shape index (κ2) is 5.91. The minimum atomic E-state index is -0.0102. The van der Waals surface area contributed by atoms with Crippen LogP contribution >= 0.6 is 11.3 Å². The molecular weight excluding hydrogens is 298 g/mol. The van der Waals surface area contributed by atoms with Gasteiger partial charge in [0.1, 0.15) is 5.01 Å². The van der Waals surface area contributed by atoms with Gasteiger partial charge in [0.2, 0.25) is 5.95 Å². The van der Waals surface area contributed by atoms with Gasteiger partial charge in [-0.2, -0.15) is 0 Å². The Hall–Kier alpha value is -1.57. The fourth-order valence-corrected chi connectivity index (χ4v) is 4.02. The zero-order valence-corrected chi connectivity index (χ0v) is 13.1. The van der Waals surface area contributed by atoms with Gasteiger partial charge in [0, 0.05) is 43.5 Å². The lowest BCUT2D eigenvalue weighted by Crippen LogP contribution is -2.33. The topological polar surface area (TPSA) is 63.2 Å². The van der Waals surface area contributed by atoms with E-state index in [1.54, 1.807) is 23.7 Å². The van der Waals surface area contributed by atoms with Crippen LogP contribution < -0.4 is 5.32 Å². The van der Waals surface area contributed by atoms with Crippen LogP contribution in [0, 0.1) is 0 Å². The molecule has 2 aromatic rings. The molecular formula is C15H19N5OS. The fraction of sp³-hybridized carbons (Fsp3) is 0.533. The Morgan fingerprint density at radius 2 is 2.23 bits per heavy atom. The van der Waals surface area contributed by atoms with Crippen LogP contribution in [0.1, 0.15) is 17.8 Å². The number of nitrogens with zero attached hydrogens (tertiary/aromatic N) is 4. The number of rotatable bonds is 4. The van der Waals surface area contributed by atoms with E-state index in [0.29, 0.717) is 12.0 Å². The van der Waals surface area contributed by atoms with Crippen molar-refractivity contribution in [3.8, 4) is 0 Å². The normalized spacial score (nSPS) is 28.5. The fourth-order valence-electron chi connectivity index (χ4n) is 3.36. The number of hydrogen-bond acceptors (Lipinski definition) is 7. The average Bonchev–Trinajstić information content (AvgIpc) is 3.25. The van der Waals surface area contributed by atoms with Gasteiger partial charge in [-0.05, 0) is 12.5 Å². The van der Waals surface area contributed by atoms with E-state index >= 15 is 0 Å². The van der Waals surface area contributed by atoms with Crippen LogP contribution in [0.5, 0.6) is 0 Å². The van der Waals surface area contributed by atoms with E-state index in [9.17, 15) is 0 Å². The Morgan fingerprint density at radius 1 is 1.32 bits per heavy atom. The maximum absolute atomic E-state index is 6.16. The predicted molar refractivity (Wildman–Crippen MR) is 84.8 cm³/mol. The number of anilines is 1. The van der Waals surface area contributed by atoms with Crippen molar-refractivity contribution < 1.29 is 4.74 Å². The summed E-state index contributed by atoms with van der Waals surface area (Å²) >= 11 is 1.72. The molecule has 0 saturated carbocycles. The molecule has 2 saturated heterocycles. The summed E-state index contributed by atoms with van der Waals surface area (Å²) in [5.41, 5.74) is -0.0102. The molecule has 0 bridgehead atoms. The summed E-state index contributed by atoms with van der Waals surface area (Å²) in [5.74, 6) is 0.686. The molecule has 2 fully saturated rings. The number of aromatic nitrogens is 3. The third-order valence-electron chi connectivity index (χ3n) is 4.35. The molecule has 0 amide bonds. The van der Waals surface area contributed by atoms with Crippen LogP contribution in [0.2, 0.25) is 0 Å². The third kappa shape index (κ3) is 2.97. The Morgan fingerprint density at radius 3 is 3.05 bits per heavy atom. The highest BCUT2D eigenvalue weighted by Crippen LogP contribution is 2.36. The van der Waals surface area contributed by atoms with E-state index in [1.807, 2.05) is 17.6 Å². The number of nitrogens with one attached hydrogen (secondary N) is 1. The summed E-state index contributed by atoms with van der Waals surface area (Å²) in [6.07, 6.45) is 7.49. The third-order valence-corrected chi connectivity index (χ3v) is 5.11. The largest absolute Gasteiger partial charge is 0.371 e. The predicted octanol–water partition coefficient (Wildman–Crippen LogP) is 1.78. The molecule has 2 atom stereocenters. The highest BCUT2D eigenvalue weighted by Gasteiger charge is 2.45. The minimum Gasteiger partial charge on any atom is -0.371 e. The maximum Gasteiger partial charge on any atom is 0.222 e. The van der Waals surface area contributed by atoms with Crippen molar-refractivity contribution in [1.29, 1.82) is 0 Å². The molecule has 7 heteroatoms. The van der Waals surface area contributed by atoms with Crippen LogP contribution in [0.25, 0.3) is 0 Å². The molecule has 6 nitrogen and oxygen atoms in total. The molecule has 2 unspecified atom stereocenters. The van der Waals surface area contributed by atoms with Crippen LogP contribution in [-0.2, 0) is 11.3 Å². The summed E-state index contributed by atoms with van der Waals surface area (Å²) < 4.78 is 6.16. The summed E-state index contributed by atoms with van der Waals surface area (Å²) in [6, 6.07) is 2.12. The lowest BCUT2D eigenvalue weighted by Gasteiger charge is -2.23. The van der Waals surface area contributed by atoms with E-state index in [1.165, 1.54) is 5.01 Å².